The topological polar surface area (TPSA) is 71.3 Å². The Hall–Kier alpha value is -15.1. The fourth-order valence-electron chi connectivity index (χ4n) is 16.7. The van der Waals surface area contributed by atoms with Crippen LogP contribution in [0.25, 0.3) is 200 Å². The van der Waals surface area contributed by atoms with Gasteiger partial charge < -0.3 is 9.13 Å². The third-order valence-corrected chi connectivity index (χ3v) is 21.9. The van der Waals surface area contributed by atoms with Gasteiger partial charge in [-0.3, -0.25) is 9.13 Å². The summed E-state index contributed by atoms with van der Waals surface area (Å²) in [5.74, 6) is 1.25. The summed E-state index contributed by atoms with van der Waals surface area (Å²) in [6.07, 6.45) is 0. The number of para-hydroxylation sites is 6. The molecule has 8 heteroatoms. The molecule has 22 rings (SSSR count). The molecule has 8 nitrogen and oxygen atoms in total. The summed E-state index contributed by atoms with van der Waals surface area (Å²) in [6.45, 7) is 0. The maximum atomic E-state index is 5.49. The molecular weight excluding hydrogens is 1360 g/mol. The van der Waals surface area contributed by atoms with E-state index in [1.165, 1.54) is 32.7 Å². The third-order valence-electron chi connectivity index (χ3n) is 21.9. The minimum atomic E-state index is 0.622. The van der Waals surface area contributed by atoms with E-state index in [2.05, 4.69) is 431 Å². The molecule has 0 unspecified atom stereocenters. The van der Waals surface area contributed by atoms with Gasteiger partial charge in [-0.2, -0.15) is 0 Å². The summed E-state index contributed by atoms with van der Waals surface area (Å²) in [5.41, 5.74) is 27.8. The molecule has 0 aliphatic rings. The molecule has 524 valence electrons. The highest BCUT2D eigenvalue weighted by molar-refractivity contribution is 6.25. The van der Waals surface area contributed by atoms with Crippen LogP contribution in [-0.2, 0) is 0 Å². The Morgan fingerprint density at radius 1 is 0.143 bits per heavy atom. The van der Waals surface area contributed by atoms with Crippen molar-refractivity contribution in [2.24, 2.45) is 0 Å². The van der Waals surface area contributed by atoms with Crippen molar-refractivity contribution >= 4 is 87.2 Å². The van der Waals surface area contributed by atoms with Crippen LogP contribution < -0.4 is 0 Å². The largest absolute Gasteiger partial charge is 0.307 e. The molecule has 22 aromatic rings. The predicted molar refractivity (Wildman–Crippen MR) is 465 cm³/mol. The van der Waals surface area contributed by atoms with E-state index < -0.39 is 0 Å². The van der Waals surface area contributed by atoms with Crippen molar-refractivity contribution in [2.75, 3.05) is 0 Å². The lowest BCUT2D eigenvalue weighted by Gasteiger charge is -2.14. The first-order chi connectivity index (χ1) is 55.6. The Morgan fingerprint density at radius 3 is 0.688 bits per heavy atom. The lowest BCUT2D eigenvalue weighted by molar-refractivity contribution is 0.995. The van der Waals surface area contributed by atoms with Gasteiger partial charge in [-0.1, -0.05) is 334 Å². The van der Waals surface area contributed by atoms with Crippen LogP contribution >= 0.6 is 0 Å². The summed E-state index contributed by atoms with van der Waals surface area (Å²) < 4.78 is 9.39. The van der Waals surface area contributed by atoms with Crippen LogP contribution in [-0.4, -0.2) is 38.2 Å². The van der Waals surface area contributed by atoms with Gasteiger partial charge in [-0.05, 0) is 123 Å². The van der Waals surface area contributed by atoms with Gasteiger partial charge in [0.15, 0.2) is 0 Å². The molecule has 6 aromatic heterocycles. The quantitative estimate of drug-likeness (QED) is 0.122. The maximum absolute atomic E-state index is 5.49. The molecule has 0 aliphatic heterocycles. The van der Waals surface area contributed by atoms with Crippen molar-refractivity contribution in [1.82, 2.24) is 38.2 Å². The van der Waals surface area contributed by atoms with E-state index in [1.54, 1.807) is 0 Å². The molecule has 112 heavy (non-hydrogen) atoms. The molecular formula is C104H68N8. The van der Waals surface area contributed by atoms with Crippen molar-refractivity contribution in [2.45, 2.75) is 0 Å². The van der Waals surface area contributed by atoms with Gasteiger partial charge in [0.25, 0.3) is 0 Å². The first kappa shape index (κ1) is 65.2. The highest BCUT2D eigenvalue weighted by atomic mass is 15.2. The van der Waals surface area contributed by atoms with Gasteiger partial charge in [0.2, 0.25) is 11.9 Å². The number of hydrogen-bond donors (Lipinski definition) is 0. The SMILES string of the molecule is c1ccc(-c2ccc(-c3cc(-c4cccc(-c5ccccc5)c4)nc(-n4c5ccccc5c5ccc6c7ccccc7n(-c7ccccc7)c6c54)n3)cc2)cc1.c1ccc(-c2cccc(-c3cc(-c4cccc(-c5ccccc5)c4)nc(-n4c5ccccc5c5ccc6c7ccccc7n(-c7ccccc7)c6c54)n3)c2)cc1. The molecule has 0 amide bonds. The maximum Gasteiger partial charge on any atom is 0.235 e. The van der Waals surface area contributed by atoms with Crippen LogP contribution in [0.1, 0.15) is 0 Å². The van der Waals surface area contributed by atoms with E-state index >= 15 is 0 Å². The van der Waals surface area contributed by atoms with E-state index in [4.69, 9.17) is 19.9 Å². The molecule has 0 spiro atoms. The summed E-state index contributed by atoms with van der Waals surface area (Å²) in [4.78, 5) is 21.9. The molecule has 0 saturated heterocycles. The average Bonchev–Trinajstić information content (AvgIpc) is 1.55. The first-order valence-corrected chi connectivity index (χ1v) is 38.0. The molecule has 16 aromatic carbocycles. The summed E-state index contributed by atoms with van der Waals surface area (Å²) in [5, 5.41) is 9.40. The molecule has 0 aliphatic carbocycles. The number of fused-ring (bicyclic) bond motifs is 14. The van der Waals surface area contributed by atoms with Crippen molar-refractivity contribution in [3.63, 3.8) is 0 Å². The van der Waals surface area contributed by atoms with Crippen LogP contribution in [0.5, 0.6) is 0 Å². The predicted octanol–water partition coefficient (Wildman–Crippen LogP) is 26.7. The molecule has 0 radical (unpaired) electrons. The molecule has 0 saturated carbocycles. The zero-order valence-electron chi connectivity index (χ0n) is 60.8. The van der Waals surface area contributed by atoms with Crippen LogP contribution in [0.3, 0.4) is 0 Å². The standard InChI is InChI=1S/2C52H34N4/c1-4-16-35(17-5-1)37-20-14-22-39(32-37)46-34-47(40-23-15-21-38(33-40)36-18-6-2-7-19-36)54-52(53-46)56-49-29-13-11-27-43(49)45-31-30-44-42-26-10-12-28-48(42)55(50(44)51(45)56)41-24-8-3-9-25-41;1-4-15-35(16-5-1)37-27-29-38(30-28-37)46-34-47(40-20-14-19-39(33-40)36-17-6-2-7-18-36)54-52(53-46)56-49-26-13-11-24-43(49)45-32-31-44-42-23-10-12-25-48(42)55(50(44)51(45)56)41-21-8-3-9-22-41/h2*1-34H. The lowest BCUT2D eigenvalue weighted by atomic mass is 9.99. The summed E-state index contributed by atoms with van der Waals surface area (Å²) >= 11 is 0. The van der Waals surface area contributed by atoms with Gasteiger partial charge >= 0.3 is 0 Å². The van der Waals surface area contributed by atoms with Gasteiger partial charge in [0.1, 0.15) is 0 Å². The molecule has 0 bridgehead atoms. The second-order valence-electron chi connectivity index (χ2n) is 28.5. The highest BCUT2D eigenvalue weighted by Crippen LogP contribution is 2.45. The molecule has 0 N–H and O–H groups in total. The zero-order chi connectivity index (χ0) is 74.0. The minimum absolute atomic E-state index is 0.622. The van der Waals surface area contributed by atoms with Gasteiger partial charge in [0.05, 0.1) is 66.9 Å². The zero-order valence-corrected chi connectivity index (χ0v) is 60.8. The van der Waals surface area contributed by atoms with E-state index in [1.807, 2.05) is 0 Å². The van der Waals surface area contributed by atoms with Crippen LogP contribution in [0, 0.1) is 0 Å². The number of nitrogens with zero attached hydrogens (tertiary/aromatic N) is 8. The number of benzene rings is 16. The minimum Gasteiger partial charge on any atom is -0.307 e. The van der Waals surface area contributed by atoms with Gasteiger partial charge in [-0.25, -0.2) is 19.9 Å². The second-order valence-corrected chi connectivity index (χ2v) is 28.5. The van der Waals surface area contributed by atoms with E-state index in [0.29, 0.717) is 11.9 Å². The lowest BCUT2D eigenvalue weighted by Crippen LogP contribution is -2.05. The summed E-state index contributed by atoms with van der Waals surface area (Å²) in [6, 6.07) is 146. The van der Waals surface area contributed by atoms with E-state index in [0.717, 1.165) is 155 Å². The average molecular weight is 1430 g/mol. The van der Waals surface area contributed by atoms with Crippen molar-refractivity contribution < 1.29 is 0 Å². The second kappa shape index (κ2) is 27.6. The fraction of sp³-hybridized carbons (Fsp3) is 0. The van der Waals surface area contributed by atoms with Crippen molar-refractivity contribution in [3.8, 4) is 113 Å². The normalized spacial score (nSPS) is 11.6. The fourth-order valence-corrected chi connectivity index (χ4v) is 16.7. The summed E-state index contributed by atoms with van der Waals surface area (Å²) in [7, 11) is 0. The molecule has 0 atom stereocenters. The highest BCUT2D eigenvalue weighted by Gasteiger charge is 2.26. The Labute approximate surface area is 646 Å². The van der Waals surface area contributed by atoms with Crippen molar-refractivity contribution in [1.29, 1.82) is 0 Å². The Balaban J connectivity index is 0.000000141. The van der Waals surface area contributed by atoms with Crippen LogP contribution in [0.15, 0.2) is 413 Å². The number of aromatic nitrogens is 8. The van der Waals surface area contributed by atoms with Gasteiger partial charge in [0, 0.05) is 76.7 Å². The Kier molecular flexibility index (Phi) is 16.1. The Morgan fingerprint density at radius 2 is 0.366 bits per heavy atom. The monoisotopic (exact) mass is 1430 g/mol. The molecule has 6 heterocycles. The van der Waals surface area contributed by atoms with Gasteiger partial charge in [-0.15, -0.1) is 0 Å². The van der Waals surface area contributed by atoms with E-state index in [-0.39, 0.29) is 0 Å². The molecule has 0 fully saturated rings. The number of rotatable bonds is 12. The third kappa shape index (κ3) is 11.4. The van der Waals surface area contributed by atoms with E-state index in [9.17, 15) is 0 Å². The van der Waals surface area contributed by atoms with Crippen LogP contribution in [0.4, 0.5) is 0 Å². The Bertz CT molecular complexity index is 7230. The number of hydrogen-bond acceptors (Lipinski definition) is 4. The first-order valence-electron chi connectivity index (χ1n) is 38.0. The van der Waals surface area contributed by atoms with Crippen LogP contribution in [0.2, 0.25) is 0 Å². The smallest absolute Gasteiger partial charge is 0.235 e. The van der Waals surface area contributed by atoms with Crippen molar-refractivity contribution in [3.05, 3.63) is 413 Å².